The maximum atomic E-state index is 13.6. The van der Waals surface area contributed by atoms with Crippen LogP contribution in [-0.4, -0.2) is 46.8 Å². The Morgan fingerprint density at radius 1 is 1.16 bits per heavy atom. The van der Waals surface area contributed by atoms with Crippen LogP contribution in [0.5, 0.6) is 17.2 Å². The van der Waals surface area contributed by atoms with Gasteiger partial charge in [-0.25, -0.2) is 0 Å². The van der Waals surface area contributed by atoms with Crippen molar-refractivity contribution >= 4 is 16.8 Å². The minimum absolute atomic E-state index is 0.0202. The summed E-state index contributed by atoms with van der Waals surface area (Å²) in [6.07, 6.45) is 0.622. The molecule has 9 nitrogen and oxygen atoms in total. The molecule has 2 aromatic heterocycles. The Bertz CT molecular complexity index is 1520. The SMILES string of the molecule is COCc1cc(=O)c(O)c(C(CC(=O)N2CCc3c([nH]c4ccccc34)C2)c2ccc(OC)c(O)c2)o1. The van der Waals surface area contributed by atoms with E-state index in [1.54, 1.807) is 17.0 Å². The van der Waals surface area contributed by atoms with Gasteiger partial charge in [-0.3, -0.25) is 9.59 Å². The molecule has 9 heteroatoms. The maximum Gasteiger partial charge on any atom is 0.227 e. The van der Waals surface area contributed by atoms with E-state index in [-0.39, 0.29) is 42.0 Å². The Morgan fingerprint density at radius 3 is 2.73 bits per heavy atom. The van der Waals surface area contributed by atoms with Crippen LogP contribution in [0.15, 0.2) is 57.7 Å². The van der Waals surface area contributed by atoms with E-state index in [4.69, 9.17) is 13.9 Å². The van der Waals surface area contributed by atoms with E-state index in [2.05, 4.69) is 11.1 Å². The van der Waals surface area contributed by atoms with Crippen LogP contribution in [0.4, 0.5) is 0 Å². The summed E-state index contributed by atoms with van der Waals surface area (Å²) in [7, 11) is 2.90. The van der Waals surface area contributed by atoms with Gasteiger partial charge in [-0.15, -0.1) is 0 Å². The summed E-state index contributed by atoms with van der Waals surface area (Å²) in [6, 6.07) is 13.9. The average Bonchev–Trinajstić information content (AvgIpc) is 3.27. The van der Waals surface area contributed by atoms with Crippen LogP contribution < -0.4 is 10.2 Å². The first-order valence-corrected chi connectivity index (χ1v) is 12.0. The molecule has 0 radical (unpaired) electrons. The highest BCUT2D eigenvalue weighted by molar-refractivity contribution is 5.86. The highest BCUT2D eigenvalue weighted by Gasteiger charge is 2.31. The number of rotatable bonds is 7. The fourth-order valence-electron chi connectivity index (χ4n) is 5.00. The molecule has 3 N–H and O–H groups in total. The number of ether oxygens (including phenoxy) is 2. The summed E-state index contributed by atoms with van der Waals surface area (Å²) >= 11 is 0. The second-order valence-corrected chi connectivity index (χ2v) is 9.10. The highest BCUT2D eigenvalue weighted by Crippen LogP contribution is 2.38. The van der Waals surface area contributed by atoms with E-state index in [1.165, 1.54) is 25.8 Å². The van der Waals surface area contributed by atoms with Gasteiger partial charge in [-0.1, -0.05) is 24.3 Å². The number of hydrogen-bond acceptors (Lipinski definition) is 7. The third kappa shape index (κ3) is 4.65. The molecule has 3 heterocycles. The summed E-state index contributed by atoms with van der Waals surface area (Å²) in [6.45, 7) is 0.976. The molecule has 4 aromatic rings. The number of nitrogens with one attached hydrogen (secondary N) is 1. The van der Waals surface area contributed by atoms with E-state index < -0.39 is 17.1 Å². The van der Waals surface area contributed by atoms with Crippen LogP contribution in [0, 0.1) is 0 Å². The molecule has 37 heavy (non-hydrogen) atoms. The van der Waals surface area contributed by atoms with Gasteiger partial charge in [0.05, 0.1) is 19.6 Å². The smallest absolute Gasteiger partial charge is 0.227 e. The Hall–Kier alpha value is -4.24. The molecule has 0 bridgehead atoms. The number of benzene rings is 2. The fourth-order valence-corrected chi connectivity index (χ4v) is 5.00. The number of carbonyl (C=O) groups is 1. The second-order valence-electron chi connectivity index (χ2n) is 9.10. The molecule has 1 aliphatic heterocycles. The van der Waals surface area contributed by atoms with Crippen LogP contribution >= 0.6 is 0 Å². The summed E-state index contributed by atoms with van der Waals surface area (Å²) < 4.78 is 16.1. The zero-order chi connectivity index (χ0) is 26.1. The normalized spacial score (nSPS) is 13.9. The summed E-state index contributed by atoms with van der Waals surface area (Å²) in [4.78, 5) is 31.3. The van der Waals surface area contributed by atoms with Gasteiger partial charge >= 0.3 is 0 Å². The molecule has 1 amide bonds. The number of amides is 1. The summed E-state index contributed by atoms with van der Waals surface area (Å²) in [5, 5.41) is 22.2. The van der Waals surface area contributed by atoms with E-state index in [1.807, 2.05) is 18.2 Å². The third-order valence-corrected chi connectivity index (χ3v) is 6.82. The molecule has 192 valence electrons. The number of para-hydroxylation sites is 1. The first-order valence-electron chi connectivity index (χ1n) is 12.0. The molecule has 1 aliphatic rings. The van der Waals surface area contributed by atoms with Crippen LogP contribution in [0.2, 0.25) is 0 Å². The Morgan fingerprint density at radius 2 is 1.97 bits per heavy atom. The number of phenols is 1. The van der Waals surface area contributed by atoms with E-state index in [0.717, 1.165) is 22.7 Å². The van der Waals surface area contributed by atoms with E-state index in [9.17, 15) is 19.8 Å². The highest BCUT2D eigenvalue weighted by atomic mass is 16.5. The molecule has 2 aromatic carbocycles. The van der Waals surface area contributed by atoms with E-state index in [0.29, 0.717) is 25.1 Å². The first-order chi connectivity index (χ1) is 17.9. The molecule has 0 saturated heterocycles. The zero-order valence-corrected chi connectivity index (χ0v) is 20.6. The second kappa shape index (κ2) is 10.0. The van der Waals surface area contributed by atoms with Crippen molar-refractivity contribution in [2.24, 2.45) is 0 Å². The molecule has 0 aliphatic carbocycles. The predicted molar refractivity (Wildman–Crippen MR) is 136 cm³/mol. The number of phenolic OH excluding ortho intramolecular Hbond substituents is 1. The van der Waals surface area contributed by atoms with Crippen molar-refractivity contribution in [3.05, 3.63) is 87.1 Å². The summed E-state index contributed by atoms with van der Waals surface area (Å²) in [5.41, 5.74) is 3.10. The fraction of sp³-hybridized carbons (Fsp3) is 0.286. The minimum Gasteiger partial charge on any atom is -0.504 e. The van der Waals surface area contributed by atoms with Crippen LogP contribution in [0.1, 0.15) is 40.7 Å². The molecule has 0 spiro atoms. The van der Waals surface area contributed by atoms with Gasteiger partial charge in [0.15, 0.2) is 17.3 Å². The van der Waals surface area contributed by atoms with Crippen molar-refractivity contribution < 1.29 is 28.9 Å². The number of aromatic nitrogens is 1. The summed E-state index contributed by atoms with van der Waals surface area (Å²) in [5.74, 6) is -1.30. The number of nitrogens with zero attached hydrogens (tertiary/aromatic N) is 1. The Balaban J connectivity index is 1.49. The molecular weight excluding hydrogens is 476 g/mol. The molecule has 1 unspecified atom stereocenters. The first kappa shape index (κ1) is 24.5. The maximum absolute atomic E-state index is 13.6. The van der Waals surface area contributed by atoms with Gasteiger partial charge in [0.2, 0.25) is 17.1 Å². The number of hydrogen-bond donors (Lipinski definition) is 3. The predicted octanol–water partition coefficient (Wildman–Crippen LogP) is 3.79. The van der Waals surface area contributed by atoms with Crippen LogP contribution in [-0.2, 0) is 29.1 Å². The van der Waals surface area contributed by atoms with Crippen LogP contribution in [0.3, 0.4) is 0 Å². The lowest BCUT2D eigenvalue weighted by Gasteiger charge is -2.29. The van der Waals surface area contributed by atoms with Crippen molar-refractivity contribution in [2.45, 2.75) is 31.9 Å². The van der Waals surface area contributed by atoms with Crippen LogP contribution in [0.25, 0.3) is 10.9 Å². The quantitative estimate of drug-likeness (QED) is 0.350. The topological polar surface area (TPSA) is 125 Å². The lowest BCUT2D eigenvalue weighted by Crippen LogP contribution is -2.36. The lowest BCUT2D eigenvalue weighted by molar-refractivity contribution is -0.132. The van der Waals surface area contributed by atoms with Gasteiger partial charge in [-0.05, 0) is 35.7 Å². The Kier molecular flexibility index (Phi) is 6.62. The molecular formula is C28H28N2O7. The average molecular weight is 505 g/mol. The standard InChI is InChI=1S/C28H28N2O7/c1-35-15-17-12-24(32)27(34)28(37-17)20(16-7-8-25(36-2)23(31)11-16)13-26(33)30-10-9-19-18-5-3-4-6-21(18)29-22(19)14-30/h3-8,11-12,20,29,31,34H,9-10,13-15H2,1-2H3. The largest absolute Gasteiger partial charge is 0.504 e. The van der Waals surface area contributed by atoms with Gasteiger partial charge in [0, 0.05) is 42.7 Å². The number of methoxy groups -OCH3 is 2. The van der Waals surface area contributed by atoms with Gasteiger partial charge in [-0.2, -0.15) is 0 Å². The van der Waals surface area contributed by atoms with Crippen molar-refractivity contribution in [3.8, 4) is 17.2 Å². The zero-order valence-electron chi connectivity index (χ0n) is 20.6. The number of H-pyrrole nitrogens is 1. The van der Waals surface area contributed by atoms with Gasteiger partial charge in [0.25, 0.3) is 0 Å². The third-order valence-electron chi connectivity index (χ3n) is 6.82. The molecule has 5 rings (SSSR count). The Labute approximate surface area is 212 Å². The van der Waals surface area contributed by atoms with Gasteiger partial charge in [0.1, 0.15) is 12.4 Å². The van der Waals surface area contributed by atoms with Crippen molar-refractivity contribution in [1.82, 2.24) is 9.88 Å². The monoisotopic (exact) mass is 504 g/mol. The molecule has 1 atom stereocenters. The van der Waals surface area contributed by atoms with Crippen molar-refractivity contribution in [1.29, 1.82) is 0 Å². The molecule has 0 fully saturated rings. The van der Waals surface area contributed by atoms with Crippen molar-refractivity contribution in [3.63, 3.8) is 0 Å². The molecule has 0 saturated carbocycles. The van der Waals surface area contributed by atoms with Gasteiger partial charge < -0.3 is 34.0 Å². The minimum atomic E-state index is -0.835. The lowest BCUT2D eigenvalue weighted by atomic mass is 9.90. The number of aromatic hydroxyl groups is 2. The number of fused-ring (bicyclic) bond motifs is 3. The van der Waals surface area contributed by atoms with Crippen molar-refractivity contribution in [2.75, 3.05) is 20.8 Å². The number of carbonyl (C=O) groups excluding carboxylic acids is 1. The number of aromatic amines is 1. The van der Waals surface area contributed by atoms with E-state index >= 15 is 0 Å².